The monoisotopic (exact) mass is 325 g/mol. The number of hydrogen-bond acceptors (Lipinski definition) is 3. The molecule has 0 spiro atoms. The van der Waals surface area contributed by atoms with E-state index in [2.05, 4.69) is 5.32 Å². The van der Waals surface area contributed by atoms with Crippen molar-refractivity contribution in [2.45, 2.75) is 25.7 Å². The molecular formula is C15H16ClNO3S. The maximum absolute atomic E-state index is 12.1. The summed E-state index contributed by atoms with van der Waals surface area (Å²) >= 11 is 7.62. The van der Waals surface area contributed by atoms with Crippen molar-refractivity contribution in [2.75, 3.05) is 6.54 Å². The summed E-state index contributed by atoms with van der Waals surface area (Å²) in [5.41, 5.74) is 0. The zero-order valence-corrected chi connectivity index (χ0v) is 13.0. The van der Waals surface area contributed by atoms with E-state index < -0.39 is 5.97 Å². The fourth-order valence-corrected chi connectivity index (χ4v) is 3.45. The third-order valence-corrected chi connectivity index (χ3v) is 4.77. The van der Waals surface area contributed by atoms with Crippen molar-refractivity contribution in [2.24, 2.45) is 0 Å². The van der Waals surface area contributed by atoms with E-state index in [-0.39, 0.29) is 12.3 Å². The zero-order valence-electron chi connectivity index (χ0n) is 11.4. The van der Waals surface area contributed by atoms with Crippen LogP contribution in [0.25, 0.3) is 10.1 Å². The number of unbranched alkanes of at least 4 members (excludes halogenated alkanes) is 2. The molecule has 0 radical (unpaired) electrons. The van der Waals surface area contributed by atoms with Crippen LogP contribution >= 0.6 is 22.9 Å². The highest BCUT2D eigenvalue weighted by Crippen LogP contribution is 2.34. The molecule has 0 unspecified atom stereocenters. The molecule has 0 bridgehead atoms. The minimum atomic E-state index is -0.781. The average Bonchev–Trinajstić information content (AvgIpc) is 2.80. The Kier molecular flexibility index (Phi) is 5.59. The van der Waals surface area contributed by atoms with Gasteiger partial charge in [0.1, 0.15) is 4.88 Å². The van der Waals surface area contributed by atoms with Crippen LogP contribution in [-0.2, 0) is 4.79 Å². The Bertz CT molecular complexity index is 653. The summed E-state index contributed by atoms with van der Waals surface area (Å²) in [5, 5.41) is 12.7. The average molecular weight is 326 g/mol. The first-order chi connectivity index (χ1) is 10.1. The zero-order chi connectivity index (χ0) is 15.2. The number of fused-ring (bicyclic) bond motifs is 1. The van der Waals surface area contributed by atoms with Crippen LogP contribution in [0.2, 0.25) is 5.02 Å². The van der Waals surface area contributed by atoms with E-state index in [1.807, 2.05) is 24.3 Å². The molecule has 1 aromatic heterocycles. The number of thiophene rings is 1. The number of carboxylic acid groups (broad SMARTS) is 1. The van der Waals surface area contributed by atoms with Gasteiger partial charge >= 0.3 is 5.97 Å². The molecule has 21 heavy (non-hydrogen) atoms. The molecule has 4 nitrogen and oxygen atoms in total. The van der Waals surface area contributed by atoms with Gasteiger partial charge < -0.3 is 10.4 Å². The summed E-state index contributed by atoms with van der Waals surface area (Å²) in [6.45, 7) is 0.531. The van der Waals surface area contributed by atoms with Gasteiger partial charge in [0.2, 0.25) is 0 Å². The maximum Gasteiger partial charge on any atom is 0.303 e. The van der Waals surface area contributed by atoms with Crippen molar-refractivity contribution >= 4 is 44.9 Å². The van der Waals surface area contributed by atoms with Gasteiger partial charge in [-0.3, -0.25) is 9.59 Å². The molecule has 0 aliphatic carbocycles. The molecule has 6 heteroatoms. The van der Waals surface area contributed by atoms with Crippen molar-refractivity contribution in [3.05, 3.63) is 34.2 Å². The molecule has 0 aliphatic heterocycles. The lowest BCUT2D eigenvalue weighted by molar-refractivity contribution is -0.137. The molecule has 1 heterocycles. The minimum absolute atomic E-state index is 0.167. The number of carbonyl (C=O) groups is 2. The number of nitrogens with one attached hydrogen (secondary N) is 1. The van der Waals surface area contributed by atoms with Gasteiger partial charge in [0.25, 0.3) is 5.91 Å². The van der Waals surface area contributed by atoms with Crippen LogP contribution in [0.5, 0.6) is 0 Å². The van der Waals surface area contributed by atoms with Crippen LogP contribution < -0.4 is 5.32 Å². The first-order valence-electron chi connectivity index (χ1n) is 6.76. The quantitative estimate of drug-likeness (QED) is 0.758. The third kappa shape index (κ3) is 4.19. The van der Waals surface area contributed by atoms with Crippen LogP contribution in [-0.4, -0.2) is 23.5 Å². The first kappa shape index (κ1) is 15.8. The molecule has 112 valence electrons. The fourth-order valence-electron chi connectivity index (χ4n) is 2.02. The highest BCUT2D eigenvalue weighted by atomic mass is 35.5. The summed E-state index contributed by atoms with van der Waals surface area (Å²) < 4.78 is 0.995. The van der Waals surface area contributed by atoms with E-state index in [9.17, 15) is 9.59 Å². The largest absolute Gasteiger partial charge is 0.481 e. The van der Waals surface area contributed by atoms with Crippen LogP contribution in [0.1, 0.15) is 35.4 Å². The molecule has 0 saturated carbocycles. The number of aliphatic carboxylic acids is 1. The van der Waals surface area contributed by atoms with Gasteiger partial charge in [0, 0.05) is 23.1 Å². The van der Waals surface area contributed by atoms with E-state index in [0.29, 0.717) is 22.9 Å². The Morgan fingerprint density at radius 2 is 1.95 bits per heavy atom. The SMILES string of the molecule is O=C(O)CCCCCNC(=O)c1sc2ccccc2c1Cl. The predicted molar refractivity (Wildman–Crippen MR) is 85.3 cm³/mol. The Morgan fingerprint density at radius 1 is 1.19 bits per heavy atom. The summed E-state index contributed by atoms with van der Waals surface area (Å²) in [7, 11) is 0. The van der Waals surface area contributed by atoms with E-state index in [1.54, 1.807) is 0 Å². The second-order valence-electron chi connectivity index (χ2n) is 4.70. The van der Waals surface area contributed by atoms with Crippen LogP contribution in [0, 0.1) is 0 Å². The standard InChI is InChI=1S/C15H16ClNO3S/c16-13-10-6-3-4-7-11(10)21-14(13)15(20)17-9-5-1-2-8-12(18)19/h3-4,6-7H,1-2,5,8-9H2,(H,17,20)(H,18,19). The smallest absolute Gasteiger partial charge is 0.303 e. The van der Waals surface area contributed by atoms with E-state index >= 15 is 0 Å². The summed E-state index contributed by atoms with van der Waals surface area (Å²) in [4.78, 5) is 23.0. The van der Waals surface area contributed by atoms with E-state index in [1.165, 1.54) is 11.3 Å². The van der Waals surface area contributed by atoms with E-state index in [4.69, 9.17) is 16.7 Å². The molecule has 2 N–H and O–H groups in total. The van der Waals surface area contributed by atoms with Gasteiger partial charge in [-0.15, -0.1) is 11.3 Å². The molecule has 1 amide bonds. The van der Waals surface area contributed by atoms with Crippen LogP contribution in [0.15, 0.2) is 24.3 Å². The van der Waals surface area contributed by atoms with Crippen molar-refractivity contribution in [1.82, 2.24) is 5.32 Å². The predicted octanol–water partition coefficient (Wildman–Crippen LogP) is 3.93. The van der Waals surface area contributed by atoms with Gasteiger partial charge in [-0.25, -0.2) is 0 Å². The number of carbonyl (C=O) groups excluding carboxylic acids is 1. The number of carboxylic acids is 1. The number of halogens is 1. The lowest BCUT2D eigenvalue weighted by atomic mass is 10.2. The number of rotatable bonds is 7. The summed E-state index contributed by atoms with van der Waals surface area (Å²) in [5.74, 6) is -0.949. The van der Waals surface area contributed by atoms with Gasteiger partial charge in [0.05, 0.1) is 5.02 Å². The Hall–Kier alpha value is -1.59. The second-order valence-corrected chi connectivity index (χ2v) is 6.13. The highest BCUT2D eigenvalue weighted by molar-refractivity contribution is 7.21. The van der Waals surface area contributed by atoms with Crippen LogP contribution in [0.4, 0.5) is 0 Å². The second kappa shape index (κ2) is 7.43. The topological polar surface area (TPSA) is 66.4 Å². The van der Waals surface area contributed by atoms with Gasteiger partial charge in [-0.05, 0) is 18.9 Å². The summed E-state index contributed by atoms with van der Waals surface area (Å²) in [6.07, 6.45) is 2.36. The first-order valence-corrected chi connectivity index (χ1v) is 7.96. The van der Waals surface area contributed by atoms with Crippen molar-refractivity contribution in [1.29, 1.82) is 0 Å². The van der Waals surface area contributed by atoms with Crippen molar-refractivity contribution < 1.29 is 14.7 Å². The van der Waals surface area contributed by atoms with Gasteiger partial charge in [0.15, 0.2) is 0 Å². The molecule has 0 saturated heterocycles. The molecule has 0 fully saturated rings. The molecule has 0 aliphatic rings. The van der Waals surface area contributed by atoms with Crippen LogP contribution in [0.3, 0.4) is 0 Å². The lowest BCUT2D eigenvalue weighted by Gasteiger charge is -2.03. The molecule has 2 aromatic rings. The molecule has 2 rings (SSSR count). The number of hydrogen-bond donors (Lipinski definition) is 2. The molecular weight excluding hydrogens is 310 g/mol. The third-order valence-electron chi connectivity index (χ3n) is 3.09. The normalized spacial score (nSPS) is 10.7. The number of amides is 1. The molecule has 1 aromatic carbocycles. The Morgan fingerprint density at radius 3 is 2.67 bits per heavy atom. The highest BCUT2D eigenvalue weighted by Gasteiger charge is 2.16. The van der Waals surface area contributed by atoms with Crippen molar-refractivity contribution in [3.8, 4) is 0 Å². The Balaban J connectivity index is 1.85. The van der Waals surface area contributed by atoms with E-state index in [0.717, 1.165) is 22.9 Å². The Labute approximate surface area is 131 Å². The maximum atomic E-state index is 12.1. The summed E-state index contributed by atoms with van der Waals surface area (Å²) in [6, 6.07) is 7.65. The molecule has 0 atom stereocenters. The lowest BCUT2D eigenvalue weighted by Crippen LogP contribution is -2.23. The fraction of sp³-hybridized carbons (Fsp3) is 0.333. The minimum Gasteiger partial charge on any atom is -0.481 e. The van der Waals surface area contributed by atoms with Gasteiger partial charge in [-0.2, -0.15) is 0 Å². The number of benzene rings is 1. The van der Waals surface area contributed by atoms with Crippen molar-refractivity contribution in [3.63, 3.8) is 0 Å². The van der Waals surface area contributed by atoms with Gasteiger partial charge in [-0.1, -0.05) is 36.2 Å².